The fourth-order valence-electron chi connectivity index (χ4n) is 1.80. The Morgan fingerprint density at radius 3 is 2.05 bits per heavy atom. The van der Waals surface area contributed by atoms with E-state index in [1.165, 1.54) is 0 Å². The molecule has 116 valence electrons. The molecular formula is C13H26N2O4Si. The van der Waals surface area contributed by atoms with Crippen LogP contribution in [0.15, 0.2) is 10.2 Å². The van der Waals surface area contributed by atoms with Crippen molar-refractivity contribution in [3.05, 3.63) is 0 Å². The number of rotatable bonds is 7. The zero-order chi connectivity index (χ0) is 15.5. The van der Waals surface area contributed by atoms with E-state index in [1.54, 1.807) is 0 Å². The molecule has 6 nitrogen and oxygen atoms in total. The van der Waals surface area contributed by atoms with Crippen LogP contribution in [0.1, 0.15) is 53.9 Å². The van der Waals surface area contributed by atoms with E-state index in [0.29, 0.717) is 17.7 Å². The van der Waals surface area contributed by atoms with Gasteiger partial charge in [0, 0.05) is 0 Å². The standard InChI is InChI=1S/C13H26N2O4Si/c1-6-7-8-9-18-12(16)14-15-13(17)19-20(10(2)3)11(4)5/h10-11,20H,6-9H2,1-5H3. The van der Waals surface area contributed by atoms with Crippen molar-refractivity contribution in [1.82, 2.24) is 0 Å². The second-order valence-corrected chi connectivity index (χ2v) is 9.19. The van der Waals surface area contributed by atoms with Gasteiger partial charge in [0.1, 0.15) is 0 Å². The minimum atomic E-state index is -1.69. The Labute approximate surface area is 122 Å². The molecule has 0 saturated heterocycles. The lowest BCUT2D eigenvalue weighted by Gasteiger charge is -2.21. The summed E-state index contributed by atoms with van der Waals surface area (Å²) in [5, 5.41) is 6.46. The van der Waals surface area contributed by atoms with E-state index in [4.69, 9.17) is 9.16 Å². The van der Waals surface area contributed by atoms with Gasteiger partial charge in [0.05, 0.1) is 6.61 Å². The van der Waals surface area contributed by atoms with Gasteiger partial charge in [0.15, 0.2) is 0 Å². The number of azo groups is 1. The molecule has 0 unspecified atom stereocenters. The fourth-order valence-corrected chi connectivity index (χ4v) is 4.17. The van der Waals surface area contributed by atoms with E-state index in [2.05, 4.69) is 17.2 Å². The lowest BCUT2D eigenvalue weighted by Crippen LogP contribution is -2.27. The minimum absolute atomic E-state index is 0.302. The van der Waals surface area contributed by atoms with Gasteiger partial charge >= 0.3 is 12.2 Å². The van der Waals surface area contributed by atoms with Gasteiger partial charge < -0.3 is 9.16 Å². The SMILES string of the molecule is CCCCCOC(=O)N=NC(=O)O[SiH](C(C)C)C(C)C. The Morgan fingerprint density at radius 1 is 1.00 bits per heavy atom. The van der Waals surface area contributed by atoms with Crippen molar-refractivity contribution in [2.45, 2.75) is 65.0 Å². The Kier molecular flexibility index (Phi) is 9.88. The van der Waals surface area contributed by atoms with Crippen LogP contribution in [0.2, 0.25) is 11.1 Å². The number of carbonyl (C=O) groups excluding carboxylic acids is 2. The van der Waals surface area contributed by atoms with Crippen LogP contribution in [-0.2, 0) is 9.16 Å². The van der Waals surface area contributed by atoms with Crippen LogP contribution >= 0.6 is 0 Å². The zero-order valence-corrected chi connectivity index (χ0v) is 14.2. The van der Waals surface area contributed by atoms with Crippen molar-refractivity contribution >= 4 is 21.2 Å². The summed E-state index contributed by atoms with van der Waals surface area (Å²) in [6.45, 7) is 10.4. The highest BCUT2D eigenvalue weighted by Gasteiger charge is 2.25. The molecule has 2 amide bonds. The first kappa shape index (κ1) is 18.8. The number of nitrogens with zero attached hydrogens (tertiary/aromatic N) is 2. The van der Waals surface area contributed by atoms with Crippen molar-refractivity contribution in [3.8, 4) is 0 Å². The molecule has 0 aromatic heterocycles. The van der Waals surface area contributed by atoms with E-state index in [-0.39, 0.29) is 0 Å². The number of hydrogen-bond acceptors (Lipinski definition) is 4. The normalized spacial score (nSPS) is 11.6. The maximum absolute atomic E-state index is 11.5. The van der Waals surface area contributed by atoms with Gasteiger partial charge in [-0.2, -0.15) is 0 Å². The van der Waals surface area contributed by atoms with Crippen LogP contribution in [0.25, 0.3) is 0 Å². The number of ether oxygens (including phenoxy) is 1. The maximum atomic E-state index is 11.5. The molecule has 0 aromatic rings. The summed E-state index contributed by atoms with van der Waals surface area (Å²) in [6, 6.07) is 0. The van der Waals surface area contributed by atoms with Crippen molar-refractivity contribution in [3.63, 3.8) is 0 Å². The minimum Gasteiger partial charge on any atom is -0.503 e. The van der Waals surface area contributed by atoms with Crippen LogP contribution < -0.4 is 0 Å². The first-order valence-electron chi connectivity index (χ1n) is 7.17. The molecule has 0 N–H and O–H groups in total. The molecule has 0 heterocycles. The second kappa shape index (κ2) is 10.5. The molecule has 7 heteroatoms. The highest BCUT2D eigenvalue weighted by molar-refractivity contribution is 6.56. The summed E-state index contributed by atoms with van der Waals surface area (Å²) in [7, 11) is -1.69. The molecule has 0 radical (unpaired) electrons. The molecule has 0 saturated carbocycles. The molecule has 0 aliphatic rings. The predicted molar refractivity (Wildman–Crippen MR) is 79.6 cm³/mol. The highest BCUT2D eigenvalue weighted by Crippen LogP contribution is 2.21. The van der Waals surface area contributed by atoms with Crippen LogP contribution in [0, 0.1) is 0 Å². The van der Waals surface area contributed by atoms with Gasteiger partial charge in [0.2, 0.25) is 9.04 Å². The van der Waals surface area contributed by atoms with E-state index < -0.39 is 21.2 Å². The van der Waals surface area contributed by atoms with Gasteiger partial charge in [-0.05, 0) is 17.5 Å². The van der Waals surface area contributed by atoms with Crippen molar-refractivity contribution < 1.29 is 18.8 Å². The number of amides is 2. The Hall–Kier alpha value is -1.24. The largest absolute Gasteiger partial charge is 0.503 e. The molecule has 0 aromatic carbocycles. The van der Waals surface area contributed by atoms with Gasteiger partial charge in [0.25, 0.3) is 0 Å². The van der Waals surface area contributed by atoms with Gasteiger partial charge in [-0.1, -0.05) is 57.7 Å². The number of carbonyl (C=O) groups is 2. The van der Waals surface area contributed by atoms with E-state index >= 15 is 0 Å². The summed E-state index contributed by atoms with van der Waals surface area (Å²) in [6.07, 6.45) is 1.18. The third kappa shape index (κ3) is 8.79. The number of unbranched alkanes of at least 4 members (excludes halogenated alkanes) is 2. The van der Waals surface area contributed by atoms with Gasteiger partial charge in [-0.25, -0.2) is 9.59 Å². The summed E-state index contributed by atoms with van der Waals surface area (Å²) in [5.74, 6) is 0. The average Bonchev–Trinajstić information content (AvgIpc) is 2.37. The van der Waals surface area contributed by atoms with Gasteiger partial charge in [-0.15, -0.1) is 0 Å². The second-order valence-electron chi connectivity index (χ2n) is 5.36. The summed E-state index contributed by atoms with van der Waals surface area (Å²) in [4.78, 5) is 22.7. The first-order chi connectivity index (χ1) is 9.38. The van der Waals surface area contributed by atoms with Crippen molar-refractivity contribution in [2.24, 2.45) is 10.2 Å². The lowest BCUT2D eigenvalue weighted by atomic mass is 10.3. The Bertz CT molecular complexity index is 324. The van der Waals surface area contributed by atoms with E-state index in [9.17, 15) is 9.59 Å². The smallest absolute Gasteiger partial charge is 0.452 e. The topological polar surface area (TPSA) is 77.3 Å². The van der Waals surface area contributed by atoms with E-state index in [0.717, 1.165) is 19.3 Å². The Balaban J connectivity index is 4.11. The molecule has 0 fully saturated rings. The molecule has 0 aliphatic heterocycles. The number of hydrogen-bond donors (Lipinski definition) is 0. The molecule has 20 heavy (non-hydrogen) atoms. The molecule has 0 spiro atoms. The summed E-state index contributed by atoms with van der Waals surface area (Å²) >= 11 is 0. The Morgan fingerprint density at radius 2 is 1.55 bits per heavy atom. The predicted octanol–water partition coefficient (Wildman–Crippen LogP) is 4.45. The quantitative estimate of drug-likeness (QED) is 0.395. The molecule has 0 rings (SSSR count). The third-order valence-electron chi connectivity index (χ3n) is 2.74. The molecule has 0 bridgehead atoms. The molecule has 0 aliphatic carbocycles. The molecular weight excluding hydrogens is 276 g/mol. The van der Waals surface area contributed by atoms with Crippen LogP contribution in [0.4, 0.5) is 9.59 Å². The van der Waals surface area contributed by atoms with Gasteiger partial charge in [-0.3, -0.25) is 0 Å². The monoisotopic (exact) mass is 302 g/mol. The molecule has 0 atom stereocenters. The van der Waals surface area contributed by atoms with Crippen molar-refractivity contribution in [2.75, 3.05) is 6.61 Å². The average molecular weight is 302 g/mol. The lowest BCUT2D eigenvalue weighted by molar-refractivity contribution is 0.152. The summed E-state index contributed by atoms with van der Waals surface area (Å²) < 4.78 is 10.1. The van der Waals surface area contributed by atoms with Crippen molar-refractivity contribution in [1.29, 1.82) is 0 Å². The zero-order valence-electron chi connectivity index (χ0n) is 13.1. The maximum Gasteiger partial charge on any atom is 0.452 e. The summed E-state index contributed by atoms with van der Waals surface area (Å²) in [5.41, 5.74) is 0.630. The first-order valence-corrected chi connectivity index (χ1v) is 8.98. The van der Waals surface area contributed by atoms with E-state index in [1.807, 2.05) is 27.7 Å². The van der Waals surface area contributed by atoms with Crippen LogP contribution in [0.5, 0.6) is 0 Å². The highest BCUT2D eigenvalue weighted by atomic mass is 28.3. The third-order valence-corrected chi connectivity index (χ3v) is 5.84. The van der Waals surface area contributed by atoms with Crippen LogP contribution in [-0.4, -0.2) is 27.8 Å². The van der Waals surface area contributed by atoms with Crippen LogP contribution in [0.3, 0.4) is 0 Å². The fraction of sp³-hybridized carbons (Fsp3) is 0.846.